The van der Waals surface area contributed by atoms with Gasteiger partial charge in [0.2, 0.25) is 0 Å². The van der Waals surface area contributed by atoms with E-state index >= 15 is 0 Å². The lowest BCUT2D eigenvalue weighted by atomic mass is 9.77. The Balaban J connectivity index is 1.88. The van der Waals surface area contributed by atoms with Crippen molar-refractivity contribution >= 4 is 0 Å². The molecule has 1 aliphatic heterocycles. The van der Waals surface area contributed by atoms with Crippen LogP contribution in [0.15, 0.2) is 11.8 Å². The lowest BCUT2D eigenvalue weighted by molar-refractivity contribution is 0.134. The topological polar surface area (TPSA) is 18.5 Å². The monoisotopic (exact) mass is 237 g/mol. The summed E-state index contributed by atoms with van der Waals surface area (Å²) in [4.78, 5) is 4.90. The summed E-state index contributed by atoms with van der Waals surface area (Å²) in [6, 6.07) is 0. The largest absolute Gasteiger partial charge is 0.381 e. The average molecular weight is 237 g/mol. The molecule has 3 heteroatoms. The minimum absolute atomic E-state index is 0.497. The van der Waals surface area contributed by atoms with Crippen LogP contribution >= 0.6 is 0 Å². The Bertz CT molecular complexity index is 279. The summed E-state index contributed by atoms with van der Waals surface area (Å²) < 4.78 is 0. The van der Waals surface area contributed by atoms with Crippen LogP contribution in [0, 0.1) is 5.41 Å². The molecule has 2 aliphatic rings. The zero-order valence-corrected chi connectivity index (χ0v) is 11.6. The van der Waals surface area contributed by atoms with Crippen molar-refractivity contribution in [2.24, 2.45) is 5.41 Å². The van der Waals surface area contributed by atoms with Crippen LogP contribution in [0.3, 0.4) is 0 Å². The van der Waals surface area contributed by atoms with Gasteiger partial charge in [-0.2, -0.15) is 0 Å². The maximum Gasteiger partial charge on any atom is 0.0108 e. The van der Waals surface area contributed by atoms with Crippen molar-refractivity contribution in [2.45, 2.75) is 26.2 Å². The highest BCUT2D eigenvalue weighted by Crippen LogP contribution is 2.36. The van der Waals surface area contributed by atoms with Crippen molar-refractivity contribution in [1.82, 2.24) is 15.1 Å². The number of nitrogens with one attached hydrogen (secondary N) is 1. The maximum absolute atomic E-state index is 3.43. The third-order valence-electron chi connectivity index (χ3n) is 4.20. The molecule has 0 aromatic carbocycles. The lowest BCUT2D eigenvalue weighted by Crippen LogP contribution is -2.47. The molecule has 98 valence electrons. The standard InChI is InChI=1S/C14H27N3/c1-14(12-17-10-8-15-9-11-17)6-4-13(5-7-14)16(2)3/h4,15H,5-12H2,1-3H3/t14-/m1/s1. The average Bonchev–Trinajstić information content (AvgIpc) is 2.30. The number of rotatable bonds is 3. The van der Waals surface area contributed by atoms with E-state index in [9.17, 15) is 0 Å². The number of nitrogens with zero attached hydrogens (tertiary/aromatic N) is 2. The number of piperazine rings is 1. The SMILES string of the molecule is CN(C)C1=CC[C@@](C)(CN2CCNCC2)CC1. The zero-order valence-electron chi connectivity index (χ0n) is 11.6. The van der Waals surface area contributed by atoms with Gasteiger partial charge in [0.15, 0.2) is 0 Å². The summed E-state index contributed by atoms with van der Waals surface area (Å²) >= 11 is 0. The van der Waals surface area contributed by atoms with Crippen LogP contribution in [0.1, 0.15) is 26.2 Å². The van der Waals surface area contributed by atoms with Gasteiger partial charge in [-0.3, -0.25) is 0 Å². The molecule has 0 aromatic rings. The molecule has 1 fully saturated rings. The molecule has 2 rings (SSSR count). The van der Waals surface area contributed by atoms with Crippen LogP contribution in [-0.4, -0.2) is 56.6 Å². The van der Waals surface area contributed by atoms with Crippen LogP contribution in [0.25, 0.3) is 0 Å². The number of hydrogen-bond donors (Lipinski definition) is 1. The van der Waals surface area contributed by atoms with E-state index in [1.807, 2.05) is 0 Å². The smallest absolute Gasteiger partial charge is 0.0108 e. The molecule has 0 unspecified atom stereocenters. The Morgan fingerprint density at radius 2 is 2.06 bits per heavy atom. The highest BCUT2D eigenvalue weighted by Gasteiger charge is 2.29. The minimum atomic E-state index is 0.497. The van der Waals surface area contributed by atoms with Crippen LogP contribution in [0.4, 0.5) is 0 Å². The fourth-order valence-electron chi connectivity index (χ4n) is 2.96. The normalized spacial score (nSPS) is 31.1. The van der Waals surface area contributed by atoms with Crippen LogP contribution in [-0.2, 0) is 0 Å². The zero-order chi connectivity index (χ0) is 12.3. The molecule has 1 heterocycles. The molecule has 0 amide bonds. The fourth-order valence-corrected chi connectivity index (χ4v) is 2.96. The third kappa shape index (κ3) is 3.46. The molecular weight excluding hydrogens is 210 g/mol. The predicted molar refractivity (Wildman–Crippen MR) is 73.0 cm³/mol. The Morgan fingerprint density at radius 3 is 2.59 bits per heavy atom. The number of hydrogen-bond acceptors (Lipinski definition) is 3. The number of allylic oxidation sites excluding steroid dienone is 2. The molecule has 0 aromatic heterocycles. The van der Waals surface area contributed by atoms with Gasteiger partial charge in [-0.05, 0) is 24.7 Å². The van der Waals surface area contributed by atoms with Gasteiger partial charge in [0.05, 0.1) is 0 Å². The fraction of sp³-hybridized carbons (Fsp3) is 0.857. The molecule has 0 spiro atoms. The van der Waals surface area contributed by atoms with E-state index < -0.39 is 0 Å². The molecule has 0 bridgehead atoms. The van der Waals surface area contributed by atoms with Crippen LogP contribution in [0.5, 0.6) is 0 Å². The van der Waals surface area contributed by atoms with Gasteiger partial charge in [0, 0.05) is 52.5 Å². The summed E-state index contributed by atoms with van der Waals surface area (Å²) in [6.07, 6.45) is 6.27. The summed E-state index contributed by atoms with van der Waals surface area (Å²) in [6.45, 7) is 8.49. The summed E-state index contributed by atoms with van der Waals surface area (Å²) in [5, 5.41) is 3.43. The predicted octanol–water partition coefficient (Wildman–Crippen LogP) is 1.53. The van der Waals surface area contributed by atoms with Gasteiger partial charge >= 0.3 is 0 Å². The van der Waals surface area contributed by atoms with Crippen LogP contribution < -0.4 is 5.32 Å². The van der Waals surface area contributed by atoms with E-state index in [2.05, 4.69) is 42.2 Å². The molecular formula is C14H27N3. The summed E-state index contributed by atoms with van der Waals surface area (Å²) in [7, 11) is 4.32. The summed E-state index contributed by atoms with van der Waals surface area (Å²) in [5.74, 6) is 0. The van der Waals surface area contributed by atoms with Gasteiger partial charge in [-0.15, -0.1) is 0 Å². The summed E-state index contributed by atoms with van der Waals surface area (Å²) in [5.41, 5.74) is 2.01. The van der Waals surface area contributed by atoms with Crippen molar-refractivity contribution in [1.29, 1.82) is 0 Å². The molecule has 1 saturated heterocycles. The van der Waals surface area contributed by atoms with Gasteiger partial charge in [0.1, 0.15) is 0 Å². The van der Waals surface area contributed by atoms with Crippen molar-refractivity contribution in [3.63, 3.8) is 0 Å². The van der Waals surface area contributed by atoms with E-state index in [0.29, 0.717) is 5.41 Å². The molecule has 17 heavy (non-hydrogen) atoms. The van der Waals surface area contributed by atoms with E-state index in [1.54, 1.807) is 0 Å². The second-order valence-electron chi connectivity index (χ2n) is 6.13. The Hall–Kier alpha value is -0.540. The lowest BCUT2D eigenvalue weighted by Gasteiger charge is -2.40. The maximum atomic E-state index is 3.43. The van der Waals surface area contributed by atoms with E-state index in [-0.39, 0.29) is 0 Å². The van der Waals surface area contributed by atoms with Crippen LogP contribution in [0.2, 0.25) is 0 Å². The van der Waals surface area contributed by atoms with Gasteiger partial charge in [-0.25, -0.2) is 0 Å². The second-order valence-corrected chi connectivity index (χ2v) is 6.13. The Morgan fingerprint density at radius 1 is 1.35 bits per heavy atom. The first-order chi connectivity index (χ1) is 8.09. The van der Waals surface area contributed by atoms with Gasteiger partial charge in [0.25, 0.3) is 0 Å². The van der Waals surface area contributed by atoms with Crippen molar-refractivity contribution in [3.8, 4) is 0 Å². The molecule has 1 atom stereocenters. The quantitative estimate of drug-likeness (QED) is 0.803. The van der Waals surface area contributed by atoms with E-state index in [0.717, 1.165) is 13.1 Å². The highest BCUT2D eigenvalue weighted by atomic mass is 15.2. The molecule has 3 nitrogen and oxygen atoms in total. The molecule has 0 radical (unpaired) electrons. The van der Waals surface area contributed by atoms with Crippen molar-refractivity contribution in [2.75, 3.05) is 46.8 Å². The third-order valence-corrected chi connectivity index (χ3v) is 4.20. The van der Waals surface area contributed by atoms with Gasteiger partial charge < -0.3 is 15.1 Å². The van der Waals surface area contributed by atoms with Crippen molar-refractivity contribution in [3.05, 3.63) is 11.8 Å². The minimum Gasteiger partial charge on any atom is -0.381 e. The van der Waals surface area contributed by atoms with Gasteiger partial charge in [-0.1, -0.05) is 13.0 Å². The first kappa shape index (κ1) is 12.9. The second kappa shape index (κ2) is 5.40. The molecule has 1 N–H and O–H groups in total. The van der Waals surface area contributed by atoms with Crippen molar-refractivity contribution < 1.29 is 0 Å². The first-order valence-corrected chi connectivity index (χ1v) is 6.88. The molecule has 1 aliphatic carbocycles. The highest BCUT2D eigenvalue weighted by molar-refractivity contribution is 5.07. The molecule has 0 saturated carbocycles. The van der Waals surface area contributed by atoms with E-state index in [4.69, 9.17) is 0 Å². The van der Waals surface area contributed by atoms with E-state index in [1.165, 1.54) is 44.6 Å². The Labute approximate surface area is 106 Å². The first-order valence-electron chi connectivity index (χ1n) is 6.88. The Kier molecular flexibility index (Phi) is 4.10.